The minimum Gasteiger partial charge on any atom is -1.00 e. The second kappa shape index (κ2) is 88.5. The Bertz CT molecular complexity index is 5080. The second-order valence-electron chi connectivity index (χ2n) is 36.3. The van der Waals surface area contributed by atoms with E-state index in [1.54, 1.807) is 28.9 Å². The average Bonchev–Trinajstić information content (AvgIpc) is 0.892. The van der Waals surface area contributed by atoms with Gasteiger partial charge in [-0.15, -0.1) is 13.2 Å². The molecule has 0 atom stereocenters. The summed E-state index contributed by atoms with van der Waals surface area (Å²) < 4.78 is 0. The molecule has 12 nitrogen and oxygen atoms in total. The number of likely N-dealkylation sites (tertiary alicyclic amines) is 4. The normalized spacial score (nSPS) is 14.4. The Morgan fingerprint density at radius 3 is 0.676 bits per heavy atom. The number of hydrogen-bond acceptors (Lipinski definition) is 12. The van der Waals surface area contributed by atoms with E-state index in [2.05, 4.69) is 477 Å². The molecule has 770 valence electrons. The van der Waals surface area contributed by atoms with Gasteiger partial charge in [0.05, 0.1) is 0 Å². The Hall–Kier alpha value is -4.53. The smallest absolute Gasteiger partial charge is 1.00 e. The first-order chi connectivity index (χ1) is 70.9. The molecule has 6 aliphatic rings. The molecule has 6 aliphatic heterocycles. The molecular formula is C130H166Br2K4N6O6. The maximum absolute atomic E-state index is 8.64. The summed E-state index contributed by atoms with van der Waals surface area (Å²) in [5.74, 6) is 3.92. The quantitative estimate of drug-likeness (QED) is 0.0158. The fourth-order valence-electron chi connectivity index (χ4n) is 20.1. The van der Waals surface area contributed by atoms with E-state index < -0.39 is 0 Å². The fourth-order valence-corrected chi connectivity index (χ4v) is 20.1. The first-order valence-corrected chi connectivity index (χ1v) is 55.0. The molecule has 0 aromatic heterocycles. The molecule has 0 unspecified atom stereocenters. The van der Waals surface area contributed by atoms with E-state index in [1.165, 1.54) is 239 Å². The number of allylic oxidation sites excluding steroid dienone is 2. The van der Waals surface area contributed by atoms with Gasteiger partial charge in [-0.2, -0.15) is 0 Å². The van der Waals surface area contributed by atoms with Crippen molar-refractivity contribution in [1.82, 2.24) is 30.2 Å². The number of halogens is 2. The SMILES string of the molecule is C=CC.C=CC.CCBr.CCBr.CCCN1CCC(=C(c2ccccc2)c2ccccc2)CC1.CCCN1CCC(C(c2ccccc2)c2ccccc2)CC1.CCN1CCC(=C(c2ccccc2)c2ccccc2)CC1.CCN1CCC(C(c2ccccc2)c2ccccc2)CC1.O=CO[O-].O=CO[O-].[H-].[H-].[K+].[K+].[K+].[K+].c1ccc(C(=C2CCNCC2)c2ccccc2)cc1.c1ccc(C(c2ccccc2)C2CCNCC2)cc1. The summed E-state index contributed by atoms with van der Waals surface area (Å²) in [6, 6.07) is 131. The molecule has 148 heavy (non-hydrogen) atoms. The molecule has 12 aromatic carbocycles. The molecule has 18 rings (SSSR count). The topological polar surface area (TPSA) is 136 Å². The van der Waals surface area contributed by atoms with Crippen LogP contribution in [-0.2, 0) is 19.4 Å². The van der Waals surface area contributed by atoms with Gasteiger partial charge in [-0.25, -0.2) is 0 Å². The standard InChI is InChI=1S/C21H27N.C21H25N.C20H25N.C20H23N.C18H21N.C18H19N.2C3H6.2C2H5Br.2CH2O3.4K.2H/c2*1-2-15-22-16-13-20(14-17-22)21(18-9-5-3-6-10-18)19-11-7-4-8-12-19;2*1-2-21-15-13-19(14-16-21)20(17-9-5-3-6-10-17)18-11-7-4-8-12-18;2*1-3-7-15(8-4-1)18(16-9-5-2-6-10-16)17-11-13-19-14-12-17;2*1-3-2;2*1-2-3;2*2-1-4-3;;;;;;/h3-12,20-21H,2,13-17H2,1H3;3-12H,2,13-17H2,1H3;3-12,19-20H,2,13-16H2,1H3;3-12H,2,13-16H2,1H3;1-10,17-19H,11-14H2;1-10,19H,11-14H2;2*3H,1H2,2H3;2*2H2,1H3;2*1,3H;;;;;;/q;;;;;;;;;;;;4*+1;2*-1/p-2. The van der Waals surface area contributed by atoms with Gasteiger partial charge in [-0.1, -0.05) is 466 Å². The Balaban J connectivity index is 0.000000861. The number of nitrogens with one attached hydrogen (secondary N) is 2. The maximum atomic E-state index is 8.64. The van der Waals surface area contributed by atoms with Crippen LogP contribution in [0.25, 0.3) is 16.7 Å². The van der Waals surface area contributed by atoms with Crippen LogP contribution in [-0.4, -0.2) is 148 Å². The molecule has 0 radical (unpaired) electrons. The van der Waals surface area contributed by atoms with Crippen molar-refractivity contribution >= 4 is 61.5 Å². The summed E-state index contributed by atoms with van der Waals surface area (Å²) in [5, 5.41) is 25.9. The molecule has 0 aliphatic carbocycles. The predicted molar refractivity (Wildman–Crippen MR) is 617 cm³/mol. The number of piperidine rings is 6. The number of carbonyl (C=O) groups excluding carboxylic acids is 2. The van der Waals surface area contributed by atoms with Crippen LogP contribution in [0.2, 0.25) is 0 Å². The van der Waals surface area contributed by atoms with Crippen molar-refractivity contribution in [3.05, 3.63) is 473 Å². The van der Waals surface area contributed by atoms with Gasteiger partial charge in [0, 0.05) is 54.6 Å². The zero-order valence-corrected chi connectivity index (χ0v) is 107. The van der Waals surface area contributed by atoms with E-state index in [9.17, 15) is 0 Å². The molecular weight excluding hydrogens is 2060 g/mol. The number of benzene rings is 12. The minimum atomic E-state index is -0.181. The Labute approximate surface area is 1080 Å². The van der Waals surface area contributed by atoms with E-state index in [1.807, 2.05) is 27.7 Å². The summed E-state index contributed by atoms with van der Waals surface area (Å²) >= 11 is 6.29. The van der Waals surface area contributed by atoms with Gasteiger partial charge in [-0.05, 0) is 284 Å². The van der Waals surface area contributed by atoms with Gasteiger partial charge in [0.15, 0.2) is 0 Å². The Morgan fingerprint density at radius 2 is 0.473 bits per heavy atom. The van der Waals surface area contributed by atoms with Crippen molar-refractivity contribution in [3.8, 4) is 0 Å². The third-order valence-corrected chi connectivity index (χ3v) is 26.6. The largest absolute Gasteiger partial charge is 1.00 e. The van der Waals surface area contributed by atoms with Crippen LogP contribution in [0.1, 0.15) is 233 Å². The van der Waals surface area contributed by atoms with Gasteiger partial charge < -0.3 is 53.4 Å². The van der Waals surface area contributed by atoms with Crippen LogP contribution >= 0.6 is 31.9 Å². The molecule has 2 N–H and O–H groups in total. The fraction of sp³-hybridized carbons (Fsp3) is 0.354. The molecule has 0 amide bonds. The monoisotopic (exact) mass is 2220 g/mol. The Kier molecular flexibility index (Phi) is 82.3. The van der Waals surface area contributed by atoms with Gasteiger partial charge >= 0.3 is 206 Å². The first-order valence-electron chi connectivity index (χ1n) is 52.7. The molecule has 6 heterocycles. The van der Waals surface area contributed by atoms with Crippen molar-refractivity contribution < 1.29 is 238 Å². The van der Waals surface area contributed by atoms with Crippen molar-refractivity contribution in [2.24, 2.45) is 17.8 Å². The number of hydrogen-bond donors (Lipinski definition) is 2. The zero-order chi connectivity index (χ0) is 103. The third kappa shape index (κ3) is 52.1. The van der Waals surface area contributed by atoms with Crippen LogP contribution in [0, 0.1) is 17.8 Å². The van der Waals surface area contributed by atoms with E-state index in [4.69, 9.17) is 20.1 Å². The van der Waals surface area contributed by atoms with Crippen LogP contribution in [0.4, 0.5) is 0 Å². The van der Waals surface area contributed by atoms with Gasteiger partial charge in [0.2, 0.25) is 0 Å². The van der Waals surface area contributed by atoms with Crippen LogP contribution in [0.15, 0.2) is 406 Å². The summed E-state index contributed by atoms with van der Waals surface area (Å²) in [6.45, 7) is 42.4. The van der Waals surface area contributed by atoms with Gasteiger partial charge in [0.25, 0.3) is 12.9 Å². The summed E-state index contributed by atoms with van der Waals surface area (Å²) in [5.41, 5.74) is 26.0. The summed E-state index contributed by atoms with van der Waals surface area (Å²) in [6.07, 6.45) is 20.9. The van der Waals surface area contributed by atoms with Gasteiger partial charge in [0.1, 0.15) is 0 Å². The van der Waals surface area contributed by atoms with Crippen LogP contribution < -0.4 is 227 Å². The van der Waals surface area contributed by atoms with Crippen LogP contribution in [0.3, 0.4) is 0 Å². The molecule has 6 saturated heterocycles. The number of alkyl halides is 2. The van der Waals surface area contributed by atoms with E-state index >= 15 is 0 Å². The molecule has 18 heteroatoms. The van der Waals surface area contributed by atoms with E-state index in [0.29, 0.717) is 17.8 Å². The first kappa shape index (κ1) is 138. The Morgan fingerprint density at radius 1 is 0.304 bits per heavy atom. The summed E-state index contributed by atoms with van der Waals surface area (Å²) in [4.78, 5) is 32.8. The van der Waals surface area contributed by atoms with Crippen molar-refractivity contribution in [2.75, 3.05) is 115 Å². The minimum absolute atomic E-state index is 0. The predicted octanol–water partition coefficient (Wildman–Crippen LogP) is 17.1. The van der Waals surface area contributed by atoms with E-state index in [-0.39, 0.29) is 221 Å². The van der Waals surface area contributed by atoms with Crippen molar-refractivity contribution in [2.45, 2.75) is 163 Å². The number of nitrogens with zero attached hydrogens (tertiary/aromatic N) is 4. The molecule has 0 saturated carbocycles. The maximum Gasteiger partial charge on any atom is 1.00 e. The number of rotatable bonds is 23. The van der Waals surface area contributed by atoms with Crippen LogP contribution in [0.5, 0.6) is 0 Å². The second-order valence-corrected chi connectivity index (χ2v) is 38.6. The molecule has 6 fully saturated rings. The van der Waals surface area contributed by atoms with E-state index in [0.717, 1.165) is 67.4 Å². The molecule has 0 spiro atoms. The van der Waals surface area contributed by atoms with Crippen molar-refractivity contribution in [3.63, 3.8) is 0 Å². The average molecular weight is 2220 g/mol. The van der Waals surface area contributed by atoms with Crippen molar-refractivity contribution in [1.29, 1.82) is 0 Å². The number of carbonyl (C=O) groups is 2. The third-order valence-electron chi connectivity index (χ3n) is 26.6. The zero-order valence-electron chi connectivity index (χ0n) is 93.5. The summed E-state index contributed by atoms with van der Waals surface area (Å²) in [7, 11) is 0. The van der Waals surface area contributed by atoms with Gasteiger partial charge in [-0.3, -0.25) is 9.59 Å². The molecule has 12 aromatic rings. The molecule has 0 bridgehead atoms.